The summed E-state index contributed by atoms with van der Waals surface area (Å²) in [5.74, 6) is -0.659. The second-order valence-corrected chi connectivity index (χ2v) is 19.4. The van der Waals surface area contributed by atoms with E-state index in [4.69, 9.17) is 43.1 Å². The second-order valence-electron chi connectivity index (χ2n) is 19.4. The largest absolute Gasteiger partial charge is 0.481 e. The highest BCUT2D eigenvalue weighted by Gasteiger charge is 2.70. The van der Waals surface area contributed by atoms with Crippen molar-refractivity contribution in [2.75, 3.05) is 6.61 Å². The van der Waals surface area contributed by atoms with Gasteiger partial charge < -0.3 is 68.9 Å². The fourth-order valence-electron chi connectivity index (χ4n) is 12.9. The molecule has 8 aliphatic rings. The molecule has 0 amide bonds. The molecular weight excluding hydrogens is 772 g/mol. The Morgan fingerprint density at radius 1 is 0.729 bits per heavy atom. The van der Waals surface area contributed by atoms with Crippen molar-refractivity contribution in [3.8, 4) is 0 Å². The van der Waals surface area contributed by atoms with Gasteiger partial charge in [0.1, 0.15) is 24.9 Å². The van der Waals surface area contributed by atoms with Gasteiger partial charge in [-0.3, -0.25) is 4.79 Å². The van der Waals surface area contributed by atoms with Crippen LogP contribution in [0.3, 0.4) is 0 Å². The van der Waals surface area contributed by atoms with E-state index in [-0.39, 0.29) is 55.2 Å². The smallest absolute Gasteiger partial charge is 0.331 e. The average Bonchev–Trinajstić information content (AvgIpc) is 3.65. The summed E-state index contributed by atoms with van der Waals surface area (Å²) in [6.07, 6.45) is -1.26. The maximum absolute atomic E-state index is 12.6. The maximum atomic E-state index is 12.6. The van der Waals surface area contributed by atoms with E-state index in [0.29, 0.717) is 18.3 Å². The number of fused-ring (bicyclic) bond motifs is 5. The number of carboxylic acid groups (broad SMARTS) is 1. The standard InChI is InChI=1S/C41H64O14.C2H4O2/c1-19-36(47)27(42)14-33(50-19)54-38-21(3)52-34(16-29(38)44)55-37-20(2)51-32(15-28(37)43)53-24-8-10-39(4)23(13-24)6-7-26-25(39)9-11-40(5)35(22-12-31(46)49-18-22)30(45)17-41(26,40)48;1-2(3)4/h12,19-21,23-30,32-38,42-45,47-48H,6-11,13-18H2,1-5H3;1H3,(H,3,4)/t19-,20-,21-,23-,24?,25+,26?,27+,28+,29+,30+,32+,33+,34+,35+,36-,37?,38-,39+,40-,41+;/m1./s1. The maximum Gasteiger partial charge on any atom is 0.331 e. The van der Waals surface area contributed by atoms with Gasteiger partial charge in [0.2, 0.25) is 0 Å². The molecule has 0 aromatic heterocycles. The molecule has 8 rings (SSSR count). The summed E-state index contributed by atoms with van der Waals surface area (Å²) in [5, 5.41) is 73.8. The Kier molecular flexibility index (Phi) is 13.3. The number of ether oxygens (including phenoxy) is 7. The Morgan fingerprint density at radius 3 is 1.83 bits per heavy atom. The third-order valence-corrected chi connectivity index (χ3v) is 15.8. The summed E-state index contributed by atoms with van der Waals surface area (Å²) >= 11 is 0. The minimum atomic E-state index is -1.01. The summed E-state index contributed by atoms with van der Waals surface area (Å²) in [6, 6.07) is 0. The Balaban J connectivity index is 0.00000126. The molecule has 336 valence electrons. The molecule has 21 atom stereocenters. The molecule has 0 aromatic rings. The van der Waals surface area contributed by atoms with Crippen molar-refractivity contribution in [2.45, 2.75) is 204 Å². The molecular formula is C43H68O16. The van der Waals surface area contributed by atoms with Crippen molar-refractivity contribution in [2.24, 2.45) is 34.5 Å². The van der Waals surface area contributed by atoms with Crippen molar-refractivity contribution in [1.82, 2.24) is 0 Å². The third-order valence-electron chi connectivity index (χ3n) is 15.8. The van der Waals surface area contributed by atoms with Crippen LogP contribution in [0.15, 0.2) is 11.6 Å². The van der Waals surface area contributed by atoms with Crippen LogP contribution in [0.5, 0.6) is 0 Å². The molecule has 7 N–H and O–H groups in total. The summed E-state index contributed by atoms with van der Waals surface area (Å²) in [6.45, 7) is 11.1. The molecule has 0 radical (unpaired) electrons. The van der Waals surface area contributed by atoms with Crippen molar-refractivity contribution >= 4 is 11.9 Å². The van der Waals surface area contributed by atoms with Gasteiger partial charge in [-0.2, -0.15) is 0 Å². The lowest BCUT2D eigenvalue weighted by molar-refractivity contribution is -0.336. The normalized spacial score (nSPS) is 52.2. The number of aliphatic carboxylic acids is 1. The van der Waals surface area contributed by atoms with E-state index in [1.54, 1.807) is 13.8 Å². The van der Waals surface area contributed by atoms with Gasteiger partial charge in [-0.1, -0.05) is 13.8 Å². The van der Waals surface area contributed by atoms with Gasteiger partial charge in [-0.15, -0.1) is 0 Å². The number of cyclic esters (lactones) is 1. The van der Waals surface area contributed by atoms with Gasteiger partial charge in [0.05, 0.1) is 54.4 Å². The molecule has 7 fully saturated rings. The average molecular weight is 841 g/mol. The van der Waals surface area contributed by atoms with Crippen molar-refractivity contribution < 1.29 is 78.5 Å². The van der Waals surface area contributed by atoms with Gasteiger partial charge in [0.25, 0.3) is 5.97 Å². The minimum absolute atomic E-state index is 0.0203. The first-order valence-electron chi connectivity index (χ1n) is 21.9. The number of esters is 1. The molecule has 4 aliphatic heterocycles. The summed E-state index contributed by atoms with van der Waals surface area (Å²) in [4.78, 5) is 21.0. The molecule has 0 aromatic carbocycles. The molecule has 59 heavy (non-hydrogen) atoms. The number of rotatable bonds is 7. The quantitative estimate of drug-likeness (QED) is 0.144. The lowest BCUT2D eigenvalue weighted by atomic mass is 9.43. The van der Waals surface area contributed by atoms with E-state index in [2.05, 4.69) is 13.8 Å². The van der Waals surface area contributed by atoms with Gasteiger partial charge in [0, 0.05) is 50.0 Å². The van der Waals surface area contributed by atoms with Gasteiger partial charge in [0.15, 0.2) is 18.9 Å². The molecule has 3 saturated heterocycles. The molecule has 4 saturated carbocycles. The number of aliphatic hydroxyl groups excluding tert-OH is 5. The summed E-state index contributed by atoms with van der Waals surface area (Å²) in [5.41, 5.74) is -0.686. The highest BCUT2D eigenvalue weighted by atomic mass is 16.7. The number of carboxylic acids is 1. The topological polar surface area (TPSA) is 240 Å². The van der Waals surface area contributed by atoms with Crippen LogP contribution in [-0.2, 0) is 42.7 Å². The zero-order chi connectivity index (χ0) is 42.8. The zero-order valence-electron chi connectivity index (χ0n) is 35.3. The van der Waals surface area contributed by atoms with Crippen LogP contribution in [0, 0.1) is 34.5 Å². The van der Waals surface area contributed by atoms with E-state index in [1.165, 1.54) is 6.08 Å². The molecule has 16 nitrogen and oxygen atoms in total. The molecule has 4 aliphatic carbocycles. The van der Waals surface area contributed by atoms with Crippen LogP contribution in [-0.4, -0.2) is 146 Å². The Hall–Kier alpha value is -1.80. The van der Waals surface area contributed by atoms with Gasteiger partial charge in [-0.25, -0.2) is 4.79 Å². The molecule has 16 heteroatoms. The lowest BCUT2D eigenvalue weighted by Gasteiger charge is -2.63. The van der Waals surface area contributed by atoms with Crippen LogP contribution in [0.4, 0.5) is 0 Å². The SMILES string of the molecule is CC(=O)O.C[C@H]1O[C@@H](OC2CC[C@@]3(C)[C@H](CCC4[C@@H]3CC[C@]3(C)[C@@H](C5=CC(=O)OC5)[C@@H](O)C[C@]43O)C2)C[C@H](O)C1O[C@H]1C[C@H](O)[C@H](O[C@H]2C[C@H](O)[C@H](O)[C@@H](C)O2)[C@@H](C)O1. The van der Waals surface area contributed by atoms with Gasteiger partial charge >= 0.3 is 5.97 Å². The Morgan fingerprint density at radius 2 is 1.29 bits per heavy atom. The van der Waals surface area contributed by atoms with Crippen LogP contribution in [0.25, 0.3) is 0 Å². The Labute approximate surface area is 346 Å². The fourth-order valence-corrected chi connectivity index (χ4v) is 12.9. The van der Waals surface area contributed by atoms with E-state index < -0.39 is 96.9 Å². The van der Waals surface area contributed by atoms with E-state index in [9.17, 15) is 35.4 Å². The third kappa shape index (κ3) is 8.64. The Bertz CT molecular complexity index is 1500. The minimum Gasteiger partial charge on any atom is -0.481 e. The predicted octanol–water partition coefficient (Wildman–Crippen LogP) is 2.31. The summed E-state index contributed by atoms with van der Waals surface area (Å²) in [7, 11) is 0. The van der Waals surface area contributed by atoms with E-state index >= 15 is 0 Å². The number of carbonyl (C=O) groups is 2. The second kappa shape index (κ2) is 17.4. The monoisotopic (exact) mass is 840 g/mol. The predicted molar refractivity (Wildman–Crippen MR) is 206 cm³/mol. The van der Waals surface area contributed by atoms with Crippen LogP contribution < -0.4 is 0 Å². The highest BCUT2D eigenvalue weighted by molar-refractivity contribution is 5.85. The first kappa shape index (κ1) is 45.2. The van der Waals surface area contributed by atoms with Crippen molar-refractivity contribution in [1.29, 1.82) is 0 Å². The first-order chi connectivity index (χ1) is 27.7. The summed E-state index contributed by atoms with van der Waals surface area (Å²) < 4.78 is 42.1. The molecule has 0 spiro atoms. The van der Waals surface area contributed by atoms with Crippen LogP contribution in [0.1, 0.15) is 112 Å². The van der Waals surface area contributed by atoms with E-state index in [0.717, 1.165) is 57.4 Å². The fraction of sp³-hybridized carbons (Fsp3) is 0.907. The molecule has 4 heterocycles. The van der Waals surface area contributed by atoms with Crippen molar-refractivity contribution in [3.63, 3.8) is 0 Å². The molecule has 0 bridgehead atoms. The van der Waals surface area contributed by atoms with Crippen LogP contribution >= 0.6 is 0 Å². The zero-order valence-corrected chi connectivity index (χ0v) is 35.3. The number of hydrogen-bond donors (Lipinski definition) is 7. The van der Waals surface area contributed by atoms with Crippen LogP contribution in [0.2, 0.25) is 0 Å². The number of aliphatic hydroxyl groups is 6. The lowest BCUT2D eigenvalue weighted by Crippen LogP contribution is -2.62. The number of hydrogen-bond acceptors (Lipinski definition) is 15. The molecule has 3 unspecified atom stereocenters. The first-order valence-corrected chi connectivity index (χ1v) is 21.9. The highest BCUT2D eigenvalue weighted by Crippen LogP contribution is 2.70. The van der Waals surface area contributed by atoms with Gasteiger partial charge in [-0.05, 0) is 94.5 Å². The number of carbonyl (C=O) groups excluding carboxylic acids is 1. The van der Waals surface area contributed by atoms with E-state index in [1.807, 2.05) is 6.92 Å². The van der Waals surface area contributed by atoms with Crippen molar-refractivity contribution in [3.05, 3.63) is 11.6 Å².